The van der Waals surface area contributed by atoms with Gasteiger partial charge in [0.25, 0.3) is 0 Å². The molecule has 4 aromatic carbocycles. The fourth-order valence-electron chi connectivity index (χ4n) is 10.9. The fraction of sp³-hybridized carbons (Fsp3) is 0.368. The molecule has 4 aliphatic rings. The van der Waals surface area contributed by atoms with Crippen molar-refractivity contribution >= 4 is 135 Å². The molecule has 0 aromatic heterocycles. The third kappa shape index (κ3) is 30.5. The first-order valence-electron chi connectivity index (χ1n) is 34.3. The molecular weight excluding hydrogens is 1500 g/mol. The predicted molar refractivity (Wildman–Crippen MR) is 435 cm³/mol. The van der Waals surface area contributed by atoms with E-state index in [1.807, 2.05) is 146 Å². The first-order valence-corrected chi connectivity index (χ1v) is 62.1. The van der Waals surface area contributed by atoms with Crippen LogP contribution in [0.1, 0.15) is 112 Å². The summed E-state index contributed by atoms with van der Waals surface area (Å²) < 4.78 is 19.7. The second kappa shape index (κ2) is 38.2. The molecule has 16 nitrogen and oxygen atoms in total. The molecule has 0 radical (unpaired) electrons. The summed E-state index contributed by atoms with van der Waals surface area (Å²) in [5, 5.41) is 48.1. The van der Waals surface area contributed by atoms with Gasteiger partial charge >= 0.3 is 0 Å². The molecule has 0 spiro atoms. The quantitative estimate of drug-likeness (QED) is 0.0379. The molecule has 4 aromatic rings. The predicted octanol–water partition coefficient (Wildman–Crippen LogP) is 7.60. The molecule has 8 rings (SSSR count). The molecular formula is C76H108Cl2N8O8Si8Ti-6. The Morgan fingerprint density at radius 1 is 0.301 bits per heavy atom. The number of nitrogens with one attached hydrogen (secondary N) is 4. The van der Waals surface area contributed by atoms with Crippen molar-refractivity contribution in [1.29, 1.82) is 0 Å². The smallest absolute Gasteiger partial charge is 0.175 e. The molecule has 103 heavy (non-hydrogen) atoms. The number of benzene rings is 4. The van der Waals surface area contributed by atoms with Crippen LogP contribution in [0.4, 0.5) is 0 Å². The number of halogens is 2. The minimum atomic E-state index is -1.80. The molecule has 0 amide bonds. The Hall–Kier alpha value is -6.41. The number of rotatable bonds is 20. The molecule has 556 valence electrons. The Labute approximate surface area is 650 Å². The van der Waals surface area contributed by atoms with Crippen LogP contribution in [0.2, 0.25) is 157 Å². The van der Waals surface area contributed by atoms with Gasteiger partial charge in [0.2, 0.25) is 0 Å². The maximum absolute atomic E-state index is 12.0. The second-order valence-electron chi connectivity index (χ2n) is 33.4. The van der Waals surface area contributed by atoms with Crippen LogP contribution in [0.3, 0.4) is 0 Å². The number of nitrogens with zero attached hydrogens (tertiary/aromatic N) is 4. The number of carboxylic acid groups (broad SMARTS) is 4. The van der Waals surface area contributed by atoms with Crippen molar-refractivity contribution in [1.82, 2.24) is 19.9 Å². The van der Waals surface area contributed by atoms with Crippen molar-refractivity contribution in [3.8, 4) is 0 Å². The van der Waals surface area contributed by atoms with Crippen LogP contribution in [0.5, 0.6) is 0 Å². The maximum atomic E-state index is 12.0. The van der Waals surface area contributed by atoms with E-state index in [1.54, 1.807) is 0 Å². The molecule has 0 saturated heterocycles. The molecule has 0 aliphatic heterocycles. The number of amidine groups is 4. The van der Waals surface area contributed by atoms with Crippen molar-refractivity contribution in [2.24, 2.45) is 18.6 Å². The minimum Gasteiger partial charge on any atom is -1.00 e. The largest absolute Gasteiger partial charge is 1.00 e. The van der Waals surface area contributed by atoms with Gasteiger partial charge in [-0.25, -0.2) is 0 Å². The Morgan fingerprint density at radius 3 is 0.583 bits per heavy atom. The summed E-state index contributed by atoms with van der Waals surface area (Å²) in [6.45, 7) is 51.9. The van der Waals surface area contributed by atoms with Gasteiger partial charge in [-0.1, -0.05) is 224 Å². The van der Waals surface area contributed by atoms with Crippen LogP contribution in [-0.2, 0) is 21.7 Å². The van der Waals surface area contributed by atoms with Crippen LogP contribution in [0.25, 0.3) is 22.3 Å². The minimum absolute atomic E-state index is 0. The Balaban J connectivity index is 0.000000462. The van der Waals surface area contributed by atoms with Crippen LogP contribution < -0.4 is 65.2 Å². The molecule has 0 saturated carbocycles. The monoisotopic (exact) mass is 1600 g/mol. The topological polar surface area (TPSA) is 258 Å². The van der Waals surface area contributed by atoms with Gasteiger partial charge in [-0.15, -0.1) is 0 Å². The summed E-state index contributed by atoms with van der Waals surface area (Å²) in [6, 6.07) is 22.4. The maximum Gasteiger partial charge on any atom is 0.175 e. The summed E-state index contributed by atoms with van der Waals surface area (Å²) >= 11 is 0. The first-order chi connectivity index (χ1) is 45.9. The third-order valence-electron chi connectivity index (χ3n) is 14.3. The molecule has 0 heterocycles. The molecule has 27 heteroatoms. The summed E-state index contributed by atoms with van der Waals surface area (Å²) in [7, 11) is -14.0. The van der Waals surface area contributed by atoms with E-state index in [0.717, 1.165) is 70.2 Å². The van der Waals surface area contributed by atoms with Crippen molar-refractivity contribution in [3.63, 3.8) is 0 Å². The Kier molecular flexibility index (Phi) is 34.4. The molecule has 0 fully saturated rings. The van der Waals surface area contributed by atoms with Gasteiger partial charge in [0.05, 0.1) is 23.9 Å². The van der Waals surface area contributed by atoms with E-state index in [1.165, 1.54) is 0 Å². The van der Waals surface area contributed by atoms with Crippen molar-refractivity contribution in [3.05, 3.63) is 212 Å². The number of allylic oxidation sites excluding steroid dienone is 16. The average molecular weight is 1610 g/mol. The van der Waals surface area contributed by atoms with Crippen molar-refractivity contribution in [2.45, 2.75) is 183 Å². The van der Waals surface area contributed by atoms with Gasteiger partial charge in [0.1, 0.15) is 56.3 Å². The summed E-state index contributed by atoms with van der Waals surface area (Å²) in [5.74, 6) is -1.81. The number of aromatic carboxylic acids is 4. The van der Waals surface area contributed by atoms with E-state index in [0.29, 0.717) is 45.6 Å². The number of hydrogen-bond acceptors (Lipinski definition) is 12. The van der Waals surface area contributed by atoms with Crippen LogP contribution >= 0.6 is 0 Å². The molecule has 0 bridgehead atoms. The van der Waals surface area contributed by atoms with E-state index in [-0.39, 0.29) is 68.8 Å². The number of carbonyl (C=O) groups is 4. The van der Waals surface area contributed by atoms with Crippen LogP contribution in [0, 0.1) is 0 Å². The molecule has 4 N–H and O–H groups in total. The van der Waals surface area contributed by atoms with Gasteiger partial charge in [0, 0.05) is 66.2 Å². The van der Waals surface area contributed by atoms with Gasteiger partial charge in [-0.3, -0.25) is 0 Å². The van der Waals surface area contributed by atoms with E-state index in [9.17, 15) is 39.6 Å². The number of carbonyl (C=O) groups excluding carboxylic acids is 4. The van der Waals surface area contributed by atoms with E-state index < -0.39 is 89.8 Å². The molecule has 4 aliphatic carbocycles. The summed E-state index contributed by atoms with van der Waals surface area (Å²) in [4.78, 5) is 62.2. The van der Waals surface area contributed by atoms with E-state index >= 15 is 0 Å². The van der Waals surface area contributed by atoms with Crippen molar-refractivity contribution in [2.75, 3.05) is 0 Å². The van der Waals surface area contributed by atoms with E-state index in [4.69, 9.17) is 18.6 Å². The SMILES string of the molecule is C[Si](C)(C)N=C(N[Si](C)(C)C)c1cccc(C2=CC=CC2)c1C(=O)[O-].C[Si](C)(C)N=C(N[Si](C)(C)C)c1cccc(C2=CC=CC2)c1C(=O)[O-].C[Si](C)(C)N=C(N[Si](C)(C)C)c1cccc(C2=CC=CC2)c1C(=O)[O-].C[Si](C)(C)N=C(N[Si](C)(C)C)c1cccc(C2=CC=CC2)c1C(=O)[O-].[Cl-].[Cl-].[Ti]. The zero-order valence-electron chi connectivity index (χ0n) is 65.0. The van der Waals surface area contributed by atoms with Gasteiger partial charge in [0.15, 0.2) is 32.9 Å². The average Bonchev–Trinajstić information content (AvgIpc) is 1.80. The third-order valence-corrected chi connectivity index (χ3v) is 21.9. The number of carboxylic acids is 4. The zero-order chi connectivity index (χ0) is 75.3. The van der Waals surface area contributed by atoms with Gasteiger partial charge in [-0.2, -0.15) is 0 Å². The fourth-order valence-corrected chi connectivity index (χ4v) is 18.4. The second-order valence-corrected chi connectivity index (χ2v) is 70.6. The zero-order valence-corrected chi connectivity index (χ0v) is 76.1. The van der Waals surface area contributed by atoms with Crippen LogP contribution in [0.15, 0.2) is 164 Å². The number of hydrogen-bond donors (Lipinski definition) is 4. The Bertz CT molecular complexity index is 3610. The first kappa shape index (κ1) is 92.7. The molecule has 0 unspecified atom stereocenters. The van der Waals surface area contributed by atoms with Gasteiger partial charge < -0.3 is 103 Å². The Morgan fingerprint density at radius 2 is 0.466 bits per heavy atom. The standard InChI is InChI=1S/4C19H28N2O2Si2.2ClH.Ti/c4*1-24(2,3)20-18(21-25(4,5)6)16-13-9-12-15(17(16)19(22)23)14-10-7-8-11-14;;;/h4*7-10,12-13H,11H2,1-6H3,(H,20,21)(H,22,23);2*1H;/p-6. The van der Waals surface area contributed by atoms with E-state index in [2.05, 4.69) is 177 Å². The summed E-state index contributed by atoms with van der Waals surface area (Å²) in [6.07, 6.45) is 26.8. The van der Waals surface area contributed by atoms with Gasteiger partial charge in [-0.05, 0) is 149 Å². The molecule has 0 atom stereocenters. The van der Waals surface area contributed by atoms with Crippen LogP contribution in [-0.4, -0.2) is 113 Å². The van der Waals surface area contributed by atoms with Crippen molar-refractivity contribution < 1.29 is 86.1 Å². The summed E-state index contributed by atoms with van der Waals surface area (Å²) in [5.41, 5.74) is 10.4. The normalized spacial score (nSPS) is 14.8.